The fourth-order valence-electron chi connectivity index (χ4n) is 2.89. The van der Waals surface area contributed by atoms with Gasteiger partial charge in [-0.15, -0.1) is 0 Å². The van der Waals surface area contributed by atoms with E-state index in [0.29, 0.717) is 23.6 Å². The second-order valence-electron chi connectivity index (χ2n) is 7.30. The molecule has 164 valence electrons. The third-order valence-electron chi connectivity index (χ3n) is 4.68. The number of esters is 1. The van der Waals surface area contributed by atoms with Crippen LogP contribution in [0.4, 0.5) is 5.69 Å². The standard InChI is InChI=1S/C26H25NO5/c1-19-7-9-21(10-8-19)24(28)15-16-26(30)32-18-25(29)27-22-11-13-23(14-12-22)31-17-20-5-3-2-4-6-20/h2-14H,15-18H2,1H3,(H,27,29). The van der Waals surface area contributed by atoms with Gasteiger partial charge in [-0.2, -0.15) is 0 Å². The summed E-state index contributed by atoms with van der Waals surface area (Å²) in [5.41, 5.74) is 3.23. The van der Waals surface area contributed by atoms with Gasteiger partial charge in [-0.3, -0.25) is 14.4 Å². The molecule has 0 radical (unpaired) electrons. The van der Waals surface area contributed by atoms with Crippen molar-refractivity contribution in [3.05, 3.63) is 95.6 Å². The molecule has 0 aliphatic rings. The van der Waals surface area contributed by atoms with Crippen LogP contribution in [0.15, 0.2) is 78.9 Å². The summed E-state index contributed by atoms with van der Waals surface area (Å²) in [6.07, 6.45) is -0.0403. The lowest BCUT2D eigenvalue weighted by atomic mass is 10.1. The number of Topliss-reactive ketones (excluding diaryl/α,β-unsaturated/α-hetero) is 1. The summed E-state index contributed by atoms with van der Waals surface area (Å²) in [5, 5.41) is 2.66. The number of benzene rings is 3. The normalized spacial score (nSPS) is 10.3. The van der Waals surface area contributed by atoms with E-state index in [4.69, 9.17) is 9.47 Å². The number of carbonyl (C=O) groups excluding carboxylic acids is 3. The van der Waals surface area contributed by atoms with Crippen LogP contribution >= 0.6 is 0 Å². The second kappa shape index (κ2) is 11.5. The van der Waals surface area contributed by atoms with Gasteiger partial charge in [0.15, 0.2) is 12.4 Å². The molecule has 6 heteroatoms. The molecule has 1 N–H and O–H groups in total. The molecule has 3 rings (SSSR count). The van der Waals surface area contributed by atoms with Crippen molar-refractivity contribution in [1.29, 1.82) is 0 Å². The Labute approximate surface area is 187 Å². The van der Waals surface area contributed by atoms with E-state index >= 15 is 0 Å². The Kier molecular flexibility index (Phi) is 8.15. The molecule has 0 saturated heterocycles. The van der Waals surface area contributed by atoms with Crippen LogP contribution in [0.5, 0.6) is 5.75 Å². The molecule has 0 fully saturated rings. The molecule has 0 heterocycles. The maximum Gasteiger partial charge on any atom is 0.306 e. The Morgan fingerprint density at radius 3 is 2.19 bits per heavy atom. The van der Waals surface area contributed by atoms with E-state index in [1.54, 1.807) is 36.4 Å². The van der Waals surface area contributed by atoms with Crippen LogP contribution in [-0.4, -0.2) is 24.3 Å². The number of hydrogen-bond acceptors (Lipinski definition) is 5. The molecular formula is C26H25NO5. The Balaban J connectivity index is 1.36. The minimum atomic E-state index is -0.592. The lowest BCUT2D eigenvalue weighted by Gasteiger charge is -2.09. The quantitative estimate of drug-likeness (QED) is 0.371. The van der Waals surface area contributed by atoms with Crippen LogP contribution < -0.4 is 10.1 Å². The Morgan fingerprint density at radius 1 is 0.812 bits per heavy atom. The van der Waals surface area contributed by atoms with Crippen LogP contribution in [-0.2, 0) is 20.9 Å². The van der Waals surface area contributed by atoms with Gasteiger partial charge in [0.25, 0.3) is 5.91 Å². The molecule has 3 aromatic rings. The number of ether oxygens (including phenoxy) is 2. The first-order valence-electron chi connectivity index (χ1n) is 10.3. The molecular weight excluding hydrogens is 406 g/mol. The highest BCUT2D eigenvalue weighted by atomic mass is 16.5. The van der Waals surface area contributed by atoms with Gasteiger partial charge in [-0.05, 0) is 36.8 Å². The molecule has 0 aromatic heterocycles. The molecule has 0 spiro atoms. The van der Waals surface area contributed by atoms with Crippen molar-refractivity contribution in [1.82, 2.24) is 0 Å². The predicted molar refractivity (Wildman–Crippen MR) is 122 cm³/mol. The summed E-state index contributed by atoms with van der Waals surface area (Å²) < 4.78 is 10.7. The number of nitrogens with one attached hydrogen (secondary N) is 1. The SMILES string of the molecule is Cc1ccc(C(=O)CCC(=O)OCC(=O)Nc2ccc(OCc3ccccc3)cc2)cc1. The molecule has 1 amide bonds. The van der Waals surface area contributed by atoms with E-state index in [9.17, 15) is 14.4 Å². The zero-order valence-electron chi connectivity index (χ0n) is 17.9. The van der Waals surface area contributed by atoms with Gasteiger partial charge in [0.1, 0.15) is 12.4 Å². The fraction of sp³-hybridized carbons (Fsp3) is 0.192. The van der Waals surface area contributed by atoms with Gasteiger partial charge < -0.3 is 14.8 Å². The topological polar surface area (TPSA) is 81.7 Å². The lowest BCUT2D eigenvalue weighted by Crippen LogP contribution is -2.21. The van der Waals surface area contributed by atoms with Crippen molar-refractivity contribution in [3.63, 3.8) is 0 Å². The van der Waals surface area contributed by atoms with Gasteiger partial charge >= 0.3 is 5.97 Å². The van der Waals surface area contributed by atoms with Gasteiger partial charge in [0, 0.05) is 17.7 Å². The number of amides is 1. The molecule has 32 heavy (non-hydrogen) atoms. The van der Waals surface area contributed by atoms with Gasteiger partial charge in [-0.25, -0.2) is 0 Å². The molecule has 6 nitrogen and oxygen atoms in total. The molecule has 0 atom stereocenters. The first-order valence-corrected chi connectivity index (χ1v) is 10.3. The highest BCUT2D eigenvalue weighted by Gasteiger charge is 2.12. The monoisotopic (exact) mass is 431 g/mol. The van der Waals surface area contributed by atoms with Crippen molar-refractivity contribution < 1.29 is 23.9 Å². The molecule has 0 bridgehead atoms. The third kappa shape index (κ3) is 7.40. The van der Waals surface area contributed by atoms with E-state index in [1.165, 1.54) is 0 Å². The first-order chi connectivity index (χ1) is 15.5. The summed E-state index contributed by atoms with van der Waals surface area (Å²) in [4.78, 5) is 36.0. The van der Waals surface area contributed by atoms with Crippen LogP contribution in [0.1, 0.15) is 34.3 Å². The summed E-state index contributed by atoms with van der Waals surface area (Å²) in [7, 11) is 0. The number of anilines is 1. The molecule has 3 aromatic carbocycles. The van der Waals surface area contributed by atoms with Crippen LogP contribution in [0.25, 0.3) is 0 Å². The zero-order valence-corrected chi connectivity index (χ0v) is 17.9. The molecule has 0 unspecified atom stereocenters. The highest BCUT2D eigenvalue weighted by Crippen LogP contribution is 2.17. The first kappa shape index (κ1) is 22.7. The van der Waals surface area contributed by atoms with Gasteiger partial charge in [-0.1, -0.05) is 60.2 Å². The average Bonchev–Trinajstić information content (AvgIpc) is 2.82. The number of ketones is 1. The summed E-state index contributed by atoms with van der Waals surface area (Å²) >= 11 is 0. The van der Waals surface area contributed by atoms with Crippen LogP contribution in [0, 0.1) is 6.92 Å². The van der Waals surface area contributed by atoms with Crippen molar-refractivity contribution in [3.8, 4) is 5.75 Å². The summed E-state index contributed by atoms with van der Waals surface area (Å²) in [6, 6.07) is 23.9. The maximum atomic E-state index is 12.1. The number of hydrogen-bond donors (Lipinski definition) is 1. The number of rotatable bonds is 10. The molecule has 0 saturated carbocycles. The number of aryl methyl sites for hydroxylation is 1. The molecule has 0 aliphatic carbocycles. The van der Waals surface area contributed by atoms with E-state index in [2.05, 4.69) is 5.32 Å². The van der Waals surface area contributed by atoms with Crippen LogP contribution in [0.3, 0.4) is 0 Å². The van der Waals surface area contributed by atoms with Gasteiger partial charge in [0.2, 0.25) is 0 Å². The van der Waals surface area contributed by atoms with Crippen molar-refractivity contribution >= 4 is 23.3 Å². The lowest BCUT2D eigenvalue weighted by molar-refractivity contribution is -0.147. The van der Waals surface area contributed by atoms with Crippen molar-refractivity contribution in [2.75, 3.05) is 11.9 Å². The smallest absolute Gasteiger partial charge is 0.306 e. The maximum absolute atomic E-state index is 12.1. The van der Waals surface area contributed by atoms with Crippen LogP contribution in [0.2, 0.25) is 0 Å². The Bertz CT molecular complexity index is 1040. The van der Waals surface area contributed by atoms with E-state index in [0.717, 1.165) is 11.1 Å². The van der Waals surface area contributed by atoms with Crippen molar-refractivity contribution in [2.24, 2.45) is 0 Å². The fourth-order valence-corrected chi connectivity index (χ4v) is 2.89. The predicted octanol–water partition coefficient (Wildman–Crippen LogP) is 4.72. The second-order valence-corrected chi connectivity index (χ2v) is 7.30. The zero-order chi connectivity index (χ0) is 22.8. The van der Waals surface area contributed by atoms with E-state index in [-0.39, 0.29) is 18.6 Å². The number of carbonyl (C=O) groups is 3. The largest absolute Gasteiger partial charge is 0.489 e. The average molecular weight is 431 g/mol. The summed E-state index contributed by atoms with van der Waals surface area (Å²) in [5.74, 6) is -0.510. The highest BCUT2D eigenvalue weighted by molar-refractivity contribution is 5.98. The molecule has 0 aliphatic heterocycles. The van der Waals surface area contributed by atoms with E-state index in [1.807, 2.05) is 49.4 Å². The van der Waals surface area contributed by atoms with Gasteiger partial charge in [0.05, 0.1) is 6.42 Å². The summed E-state index contributed by atoms with van der Waals surface area (Å²) in [6.45, 7) is 1.98. The Hall–Kier alpha value is -3.93. The minimum absolute atomic E-state index is 0.0357. The Morgan fingerprint density at radius 2 is 1.50 bits per heavy atom. The third-order valence-corrected chi connectivity index (χ3v) is 4.68. The minimum Gasteiger partial charge on any atom is -0.489 e. The van der Waals surface area contributed by atoms with E-state index < -0.39 is 18.5 Å². The van der Waals surface area contributed by atoms with Crippen molar-refractivity contribution in [2.45, 2.75) is 26.4 Å².